The second kappa shape index (κ2) is 6.99. The van der Waals surface area contributed by atoms with Gasteiger partial charge in [-0.25, -0.2) is 4.39 Å². The number of hydrogen-bond donors (Lipinski definition) is 2. The average Bonchev–Trinajstić information content (AvgIpc) is 2.49. The van der Waals surface area contributed by atoms with Crippen molar-refractivity contribution in [2.75, 3.05) is 5.32 Å². The molecule has 0 aliphatic carbocycles. The number of para-hydroxylation sites is 1. The third-order valence-corrected chi connectivity index (χ3v) is 3.40. The SMILES string of the molecule is Cc1cccc(F)c1NC(=O)CCC(N)c1ccccc1. The van der Waals surface area contributed by atoms with Gasteiger partial charge in [0.15, 0.2) is 0 Å². The molecule has 0 aliphatic heterocycles. The average molecular weight is 286 g/mol. The summed E-state index contributed by atoms with van der Waals surface area (Å²) in [5.41, 5.74) is 7.99. The highest BCUT2D eigenvalue weighted by Crippen LogP contribution is 2.20. The lowest BCUT2D eigenvalue weighted by molar-refractivity contribution is -0.116. The lowest BCUT2D eigenvalue weighted by Gasteiger charge is -2.13. The van der Waals surface area contributed by atoms with Gasteiger partial charge in [-0.05, 0) is 30.5 Å². The molecule has 0 saturated heterocycles. The number of carbonyl (C=O) groups excluding carboxylic acids is 1. The number of nitrogens with two attached hydrogens (primary N) is 1. The van der Waals surface area contributed by atoms with Gasteiger partial charge in [-0.15, -0.1) is 0 Å². The number of rotatable bonds is 5. The number of hydrogen-bond acceptors (Lipinski definition) is 2. The third-order valence-electron chi connectivity index (χ3n) is 3.40. The summed E-state index contributed by atoms with van der Waals surface area (Å²) in [5, 5.41) is 2.62. The molecule has 0 bridgehead atoms. The smallest absolute Gasteiger partial charge is 0.224 e. The highest BCUT2D eigenvalue weighted by molar-refractivity contribution is 5.91. The summed E-state index contributed by atoms with van der Waals surface area (Å²) in [6, 6.07) is 14.1. The van der Waals surface area contributed by atoms with Gasteiger partial charge >= 0.3 is 0 Å². The van der Waals surface area contributed by atoms with Crippen molar-refractivity contribution < 1.29 is 9.18 Å². The number of nitrogens with one attached hydrogen (secondary N) is 1. The van der Waals surface area contributed by atoms with Crippen molar-refractivity contribution in [2.24, 2.45) is 5.73 Å². The van der Waals surface area contributed by atoms with Crippen LogP contribution in [0.5, 0.6) is 0 Å². The summed E-state index contributed by atoms with van der Waals surface area (Å²) in [7, 11) is 0. The summed E-state index contributed by atoms with van der Waals surface area (Å²) in [4.78, 5) is 11.9. The first-order valence-electron chi connectivity index (χ1n) is 6.93. The van der Waals surface area contributed by atoms with E-state index in [0.717, 1.165) is 5.56 Å². The van der Waals surface area contributed by atoms with Gasteiger partial charge in [-0.2, -0.15) is 0 Å². The highest BCUT2D eigenvalue weighted by Gasteiger charge is 2.12. The summed E-state index contributed by atoms with van der Waals surface area (Å²) in [6.07, 6.45) is 0.771. The molecule has 1 atom stereocenters. The van der Waals surface area contributed by atoms with E-state index in [2.05, 4.69) is 5.32 Å². The molecule has 0 radical (unpaired) electrons. The summed E-state index contributed by atoms with van der Waals surface area (Å²) in [5.74, 6) is -0.648. The minimum absolute atomic E-state index is 0.196. The van der Waals surface area contributed by atoms with Crippen LogP contribution in [0.4, 0.5) is 10.1 Å². The van der Waals surface area contributed by atoms with Crippen LogP contribution in [0.15, 0.2) is 48.5 Å². The van der Waals surface area contributed by atoms with Gasteiger partial charge in [0, 0.05) is 12.5 Å². The highest BCUT2D eigenvalue weighted by atomic mass is 19.1. The Labute approximate surface area is 124 Å². The molecule has 0 fully saturated rings. The first-order chi connectivity index (χ1) is 10.1. The van der Waals surface area contributed by atoms with Crippen LogP contribution in [-0.4, -0.2) is 5.91 Å². The second-order valence-corrected chi connectivity index (χ2v) is 5.04. The van der Waals surface area contributed by atoms with Gasteiger partial charge in [0.05, 0.1) is 5.69 Å². The molecular weight excluding hydrogens is 267 g/mol. The molecule has 1 amide bonds. The van der Waals surface area contributed by atoms with Crippen molar-refractivity contribution in [3.63, 3.8) is 0 Å². The Morgan fingerprint density at radius 2 is 1.90 bits per heavy atom. The Balaban J connectivity index is 1.91. The van der Waals surface area contributed by atoms with Gasteiger partial charge < -0.3 is 11.1 Å². The standard InChI is InChI=1S/C17H19FN2O/c1-12-6-5-9-14(18)17(12)20-16(21)11-10-15(19)13-7-3-2-4-8-13/h2-9,15H,10-11,19H2,1H3,(H,20,21). The molecule has 21 heavy (non-hydrogen) atoms. The van der Waals surface area contributed by atoms with Gasteiger partial charge in [0.25, 0.3) is 0 Å². The number of benzene rings is 2. The minimum Gasteiger partial charge on any atom is -0.324 e. The van der Waals surface area contributed by atoms with E-state index in [1.54, 1.807) is 19.1 Å². The van der Waals surface area contributed by atoms with Crippen molar-refractivity contribution in [3.8, 4) is 0 Å². The molecule has 0 aliphatic rings. The van der Waals surface area contributed by atoms with Crippen LogP contribution in [0.3, 0.4) is 0 Å². The molecule has 4 heteroatoms. The summed E-state index contributed by atoms with van der Waals surface area (Å²) < 4.78 is 13.6. The zero-order valence-electron chi connectivity index (χ0n) is 12.0. The molecule has 0 aromatic heterocycles. The maximum absolute atomic E-state index is 13.6. The number of aryl methyl sites for hydroxylation is 1. The van der Waals surface area contributed by atoms with E-state index >= 15 is 0 Å². The molecule has 3 N–H and O–H groups in total. The minimum atomic E-state index is -0.421. The molecule has 2 rings (SSSR count). The zero-order valence-corrected chi connectivity index (χ0v) is 12.0. The van der Waals surface area contributed by atoms with Crippen LogP contribution >= 0.6 is 0 Å². The predicted octanol–water partition coefficient (Wildman–Crippen LogP) is 3.55. The van der Waals surface area contributed by atoms with E-state index in [9.17, 15) is 9.18 Å². The number of amides is 1. The Bertz CT molecular complexity index is 593. The van der Waals surface area contributed by atoms with Crippen molar-refractivity contribution >= 4 is 11.6 Å². The van der Waals surface area contributed by atoms with Crippen LogP contribution in [0.25, 0.3) is 0 Å². The summed E-state index contributed by atoms with van der Waals surface area (Å²) in [6.45, 7) is 1.76. The molecule has 2 aromatic carbocycles. The summed E-state index contributed by atoms with van der Waals surface area (Å²) >= 11 is 0. The lowest BCUT2D eigenvalue weighted by atomic mass is 10.0. The molecule has 110 valence electrons. The molecule has 2 aromatic rings. The first-order valence-corrected chi connectivity index (χ1v) is 6.93. The molecular formula is C17H19FN2O. The first kappa shape index (κ1) is 15.2. The lowest BCUT2D eigenvalue weighted by Crippen LogP contribution is -2.17. The molecule has 0 spiro atoms. The van der Waals surface area contributed by atoms with Crippen molar-refractivity contribution in [1.82, 2.24) is 0 Å². The van der Waals surface area contributed by atoms with Crippen molar-refractivity contribution in [1.29, 1.82) is 0 Å². The third kappa shape index (κ3) is 4.13. The fourth-order valence-electron chi connectivity index (χ4n) is 2.15. The largest absolute Gasteiger partial charge is 0.324 e. The molecule has 3 nitrogen and oxygen atoms in total. The maximum atomic E-state index is 13.6. The van der Waals surface area contributed by atoms with E-state index in [0.29, 0.717) is 12.0 Å². The van der Waals surface area contributed by atoms with Crippen molar-refractivity contribution in [2.45, 2.75) is 25.8 Å². The van der Waals surface area contributed by atoms with E-state index in [1.807, 2.05) is 30.3 Å². The van der Waals surface area contributed by atoms with Crippen LogP contribution in [0.1, 0.15) is 30.0 Å². The molecule has 1 unspecified atom stereocenters. The van der Waals surface area contributed by atoms with Crippen LogP contribution in [0.2, 0.25) is 0 Å². The normalized spacial score (nSPS) is 12.0. The monoisotopic (exact) mass is 286 g/mol. The van der Waals surface area contributed by atoms with Gasteiger partial charge in [-0.3, -0.25) is 4.79 Å². The van der Waals surface area contributed by atoms with Crippen LogP contribution in [0, 0.1) is 12.7 Å². The van der Waals surface area contributed by atoms with E-state index in [4.69, 9.17) is 5.73 Å². The zero-order chi connectivity index (χ0) is 15.2. The predicted molar refractivity (Wildman–Crippen MR) is 82.4 cm³/mol. The van der Waals surface area contributed by atoms with E-state index in [-0.39, 0.29) is 24.1 Å². The molecule has 0 heterocycles. The second-order valence-electron chi connectivity index (χ2n) is 5.04. The number of halogens is 1. The quantitative estimate of drug-likeness (QED) is 0.883. The van der Waals surface area contributed by atoms with Gasteiger partial charge in [0.2, 0.25) is 5.91 Å². The van der Waals surface area contributed by atoms with Gasteiger partial charge in [-0.1, -0.05) is 42.5 Å². The fraction of sp³-hybridized carbons (Fsp3) is 0.235. The number of anilines is 1. The van der Waals surface area contributed by atoms with E-state index < -0.39 is 5.82 Å². The number of carbonyl (C=O) groups is 1. The van der Waals surface area contributed by atoms with Crippen molar-refractivity contribution in [3.05, 3.63) is 65.5 Å². The maximum Gasteiger partial charge on any atom is 0.224 e. The Morgan fingerprint density at radius 3 is 2.57 bits per heavy atom. The topological polar surface area (TPSA) is 55.1 Å². The van der Waals surface area contributed by atoms with Gasteiger partial charge in [0.1, 0.15) is 5.82 Å². The van der Waals surface area contributed by atoms with E-state index in [1.165, 1.54) is 6.07 Å². The molecule has 0 saturated carbocycles. The van der Waals surface area contributed by atoms with Crippen LogP contribution in [-0.2, 0) is 4.79 Å². The van der Waals surface area contributed by atoms with Crippen LogP contribution < -0.4 is 11.1 Å². The Hall–Kier alpha value is -2.20. The Morgan fingerprint density at radius 1 is 1.19 bits per heavy atom. The fourth-order valence-corrected chi connectivity index (χ4v) is 2.15. The Kier molecular flexibility index (Phi) is 5.06.